The van der Waals surface area contributed by atoms with Gasteiger partial charge in [-0.3, -0.25) is 0 Å². The van der Waals surface area contributed by atoms with E-state index in [-0.39, 0.29) is 11.5 Å². The maximum atomic E-state index is 11.0. The van der Waals surface area contributed by atoms with Crippen molar-refractivity contribution in [3.8, 4) is 11.6 Å². The summed E-state index contributed by atoms with van der Waals surface area (Å²) in [4.78, 5) is 21.0. The molecule has 2 aromatic heterocycles. The number of carbonyl (C=O) groups is 1. The van der Waals surface area contributed by atoms with Crippen molar-refractivity contribution < 1.29 is 14.3 Å². The summed E-state index contributed by atoms with van der Waals surface area (Å²) in [5, 5.41) is 9.03. The Morgan fingerprint density at radius 1 is 1.33 bits per heavy atom. The highest BCUT2D eigenvalue weighted by molar-refractivity contribution is 5.86. The molecule has 0 spiro atoms. The van der Waals surface area contributed by atoms with Crippen LogP contribution in [0.25, 0.3) is 11.6 Å². The standard InChI is InChI=1S/C12H13N3O3/c1-7-4-5-9(18-7)11-13-8(12(16)17)6-10(14-11)15(2)3/h4-6H,1-3H3,(H,16,17). The molecule has 2 rings (SSSR count). The van der Waals surface area contributed by atoms with E-state index in [1.807, 2.05) is 0 Å². The number of furan rings is 1. The average molecular weight is 247 g/mol. The van der Waals surface area contributed by atoms with Gasteiger partial charge in [0.25, 0.3) is 0 Å². The molecule has 6 heteroatoms. The van der Waals surface area contributed by atoms with Crippen molar-refractivity contribution in [2.24, 2.45) is 0 Å². The number of hydrogen-bond donors (Lipinski definition) is 1. The second-order valence-electron chi connectivity index (χ2n) is 4.04. The summed E-state index contributed by atoms with van der Waals surface area (Å²) in [5.41, 5.74) is -0.0576. The highest BCUT2D eigenvalue weighted by atomic mass is 16.4. The molecule has 0 aliphatic rings. The van der Waals surface area contributed by atoms with E-state index in [9.17, 15) is 4.79 Å². The Labute approximate surface area is 104 Å². The number of aromatic nitrogens is 2. The molecule has 0 aliphatic carbocycles. The summed E-state index contributed by atoms with van der Waals surface area (Å²) in [6, 6.07) is 4.92. The van der Waals surface area contributed by atoms with Crippen molar-refractivity contribution in [2.75, 3.05) is 19.0 Å². The van der Waals surface area contributed by atoms with E-state index < -0.39 is 5.97 Å². The molecule has 1 N–H and O–H groups in total. The first-order valence-corrected chi connectivity index (χ1v) is 5.34. The molecule has 94 valence electrons. The first kappa shape index (κ1) is 12.1. The van der Waals surface area contributed by atoms with E-state index in [0.29, 0.717) is 11.6 Å². The molecule has 0 saturated heterocycles. The molecule has 2 heterocycles. The van der Waals surface area contributed by atoms with Gasteiger partial charge in [-0.2, -0.15) is 0 Å². The molecule has 2 aromatic rings. The maximum absolute atomic E-state index is 11.0. The van der Waals surface area contributed by atoms with E-state index in [4.69, 9.17) is 9.52 Å². The Morgan fingerprint density at radius 2 is 2.06 bits per heavy atom. The summed E-state index contributed by atoms with van der Waals surface area (Å²) >= 11 is 0. The summed E-state index contributed by atoms with van der Waals surface area (Å²) < 4.78 is 5.40. The van der Waals surface area contributed by atoms with Crippen LogP contribution in [0.4, 0.5) is 5.82 Å². The number of carboxylic acids is 1. The number of rotatable bonds is 3. The van der Waals surface area contributed by atoms with Crippen LogP contribution in [0.3, 0.4) is 0 Å². The zero-order chi connectivity index (χ0) is 13.3. The smallest absolute Gasteiger partial charge is 0.354 e. The zero-order valence-electron chi connectivity index (χ0n) is 10.3. The zero-order valence-corrected chi connectivity index (χ0v) is 10.3. The van der Waals surface area contributed by atoms with Gasteiger partial charge in [0.15, 0.2) is 17.3 Å². The molecule has 0 fully saturated rings. The van der Waals surface area contributed by atoms with Crippen LogP contribution >= 0.6 is 0 Å². The van der Waals surface area contributed by atoms with Crippen molar-refractivity contribution in [2.45, 2.75) is 6.92 Å². The Hall–Kier alpha value is -2.37. The van der Waals surface area contributed by atoms with Gasteiger partial charge >= 0.3 is 5.97 Å². The third kappa shape index (κ3) is 2.32. The van der Waals surface area contributed by atoms with E-state index >= 15 is 0 Å². The van der Waals surface area contributed by atoms with Gasteiger partial charge in [0.05, 0.1) is 0 Å². The second-order valence-corrected chi connectivity index (χ2v) is 4.04. The quantitative estimate of drug-likeness (QED) is 0.891. The molecule has 18 heavy (non-hydrogen) atoms. The first-order chi connectivity index (χ1) is 8.47. The van der Waals surface area contributed by atoms with E-state index in [0.717, 1.165) is 5.76 Å². The summed E-state index contributed by atoms with van der Waals surface area (Å²) in [5.74, 6) is 0.877. The number of nitrogens with zero attached hydrogens (tertiary/aromatic N) is 3. The van der Waals surface area contributed by atoms with Crippen molar-refractivity contribution in [1.82, 2.24) is 9.97 Å². The largest absolute Gasteiger partial charge is 0.477 e. The normalized spacial score (nSPS) is 10.4. The lowest BCUT2D eigenvalue weighted by Gasteiger charge is -2.12. The van der Waals surface area contributed by atoms with Crippen LogP contribution < -0.4 is 4.90 Å². The minimum absolute atomic E-state index is 0.0576. The number of aryl methyl sites for hydroxylation is 1. The predicted octanol–water partition coefficient (Wildman–Crippen LogP) is 1.81. The minimum Gasteiger partial charge on any atom is -0.477 e. The summed E-state index contributed by atoms with van der Waals surface area (Å²) in [6.45, 7) is 1.80. The molecule has 0 aliphatic heterocycles. The van der Waals surface area contributed by atoms with Crippen LogP contribution in [0, 0.1) is 6.92 Å². The fraction of sp³-hybridized carbons (Fsp3) is 0.250. The van der Waals surface area contributed by atoms with Crippen LogP contribution in [0.5, 0.6) is 0 Å². The van der Waals surface area contributed by atoms with Gasteiger partial charge in [-0.25, -0.2) is 14.8 Å². The lowest BCUT2D eigenvalue weighted by molar-refractivity contribution is 0.0690. The number of aromatic carboxylic acids is 1. The average Bonchev–Trinajstić information content (AvgIpc) is 2.75. The molecule has 0 saturated carbocycles. The predicted molar refractivity (Wildman–Crippen MR) is 65.8 cm³/mol. The van der Waals surface area contributed by atoms with E-state index in [1.54, 1.807) is 38.1 Å². The van der Waals surface area contributed by atoms with E-state index in [1.165, 1.54) is 6.07 Å². The third-order valence-corrected chi connectivity index (χ3v) is 2.35. The fourth-order valence-electron chi connectivity index (χ4n) is 1.44. The van der Waals surface area contributed by atoms with Gasteiger partial charge in [-0.15, -0.1) is 0 Å². The molecular formula is C12H13N3O3. The molecule has 6 nitrogen and oxygen atoms in total. The first-order valence-electron chi connectivity index (χ1n) is 5.34. The summed E-state index contributed by atoms with van der Waals surface area (Å²) in [7, 11) is 3.57. The van der Waals surface area contributed by atoms with Gasteiger partial charge in [-0.1, -0.05) is 0 Å². The van der Waals surface area contributed by atoms with E-state index in [2.05, 4.69) is 9.97 Å². The molecule has 0 amide bonds. The highest BCUT2D eigenvalue weighted by Gasteiger charge is 2.14. The third-order valence-electron chi connectivity index (χ3n) is 2.35. The van der Waals surface area contributed by atoms with Crippen molar-refractivity contribution in [3.63, 3.8) is 0 Å². The van der Waals surface area contributed by atoms with Crippen LogP contribution in [0.1, 0.15) is 16.2 Å². The molecular weight excluding hydrogens is 234 g/mol. The summed E-state index contributed by atoms with van der Waals surface area (Å²) in [6.07, 6.45) is 0. The van der Waals surface area contributed by atoms with Gasteiger partial charge < -0.3 is 14.4 Å². The van der Waals surface area contributed by atoms with Gasteiger partial charge in [0.1, 0.15) is 11.6 Å². The molecule has 0 aromatic carbocycles. The Balaban J connectivity index is 2.56. The lowest BCUT2D eigenvalue weighted by atomic mass is 10.3. The van der Waals surface area contributed by atoms with Crippen molar-refractivity contribution in [1.29, 1.82) is 0 Å². The SMILES string of the molecule is Cc1ccc(-c2nc(C(=O)O)cc(N(C)C)n2)o1. The molecule has 0 unspecified atom stereocenters. The van der Waals surface area contributed by atoms with Crippen LogP contribution in [0.15, 0.2) is 22.6 Å². The molecule has 0 bridgehead atoms. The Morgan fingerprint density at radius 3 is 2.56 bits per heavy atom. The topological polar surface area (TPSA) is 79.5 Å². The fourth-order valence-corrected chi connectivity index (χ4v) is 1.44. The van der Waals surface area contributed by atoms with Crippen LogP contribution in [-0.4, -0.2) is 35.1 Å². The van der Waals surface area contributed by atoms with Crippen molar-refractivity contribution in [3.05, 3.63) is 29.7 Å². The Kier molecular flexibility index (Phi) is 3.01. The van der Waals surface area contributed by atoms with Gasteiger partial charge in [-0.05, 0) is 19.1 Å². The minimum atomic E-state index is -1.09. The number of hydrogen-bond acceptors (Lipinski definition) is 5. The van der Waals surface area contributed by atoms with Crippen LogP contribution in [-0.2, 0) is 0 Å². The number of anilines is 1. The Bertz CT molecular complexity index is 590. The monoisotopic (exact) mass is 247 g/mol. The number of carboxylic acid groups (broad SMARTS) is 1. The van der Waals surface area contributed by atoms with Gasteiger partial charge in [0, 0.05) is 20.2 Å². The van der Waals surface area contributed by atoms with Crippen molar-refractivity contribution >= 4 is 11.8 Å². The molecule has 0 atom stereocenters. The molecule has 0 radical (unpaired) electrons. The second kappa shape index (κ2) is 4.48. The lowest BCUT2D eigenvalue weighted by Crippen LogP contribution is -2.14. The van der Waals surface area contributed by atoms with Gasteiger partial charge in [0.2, 0.25) is 0 Å². The van der Waals surface area contributed by atoms with Crippen LogP contribution in [0.2, 0.25) is 0 Å². The highest BCUT2D eigenvalue weighted by Crippen LogP contribution is 2.21. The maximum Gasteiger partial charge on any atom is 0.354 e.